The van der Waals surface area contributed by atoms with Crippen LogP contribution in [-0.4, -0.2) is 12.4 Å². The Hall–Kier alpha value is -1.09. The van der Waals surface area contributed by atoms with Crippen LogP contribution >= 0.6 is 0 Å². The number of hydrogen-bond donors (Lipinski definition) is 0. The topological polar surface area (TPSA) is 39.4 Å². The summed E-state index contributed by atoms with van der Waals surface area (Å²) in [6.45, 7) is 6.14. The van der Waals surface area contributed by atoms with Gasteiger partial charge in [-0.2, -0.15) is 0 Å². The highest BCUT2D eigenvalue weighted by Gasteiger charge is 2.20. The summed E-state index contributed by atoms with van der Waals surface area (Å²) in [6.07, 6.45) is 1.59. The molecule has 0 aromatic carbocycles. The number of ether oxygens (including phenoxy) is 1. The fourth-order valence-corrected chi connectivity index (χ4v) is 0.856. The molecule has 14 heavy (non-hydrogen) atoms. The number of carbonyl (C=O) groups excluding carboxylic acids is 1. The minimum atomic E-state index is -0.330. The van der Waals surface area contributed by atoms with E-state index in [9.17, 15) is 4.79 Å². The van der Waals surface area contributed by atoms with Gasteiger partial charge in [0.1, 0.15) is 19.0 Å². The van der Waals surface area contributed by atoms with Crippen LogP contribution in [0.2, 0.25) is 0 Å². The van der Waals surface area contributed by atoms with Gasteiger partial charge in [-0.15, -0.1) is 0 Å². The molecule has 0 bridgehead atoms. The molecule has 3 heteroatoms. The summed E-state index contributed by atoms with van der Waals surface area (Å²) in [7, 11) is 0. The molecule has 1 heterocycles. The fourth-order valence-electron chi connectivity index (χ4n) is 0.856. The Bertz CT molecular complexity index is 280. The van der Waals surface area contributed by atoms with Crippen LogP contribution in [0.25, 0.3) is 0 Å². The summed E-state index contributed by atoms with van der Waals surface area (Å²) in [4.78, 5) is 11.4. The monoisotopic (exact) mass is 196 g/mol. The van der Waals surface area contributed by atoms with Gasteiger partial charge in [-0.25, -0.2) is 0 Å². The molecule has 0 fully saturated rings. The third kappa shape index (κ3) is 3.34. The first kappa shape index (κ1) is 11.0. The van der Waals surface area contributed by atoms with E-state index in [1.54, 1.807) is 12.3 Å². The molecule has 0 aliphatic rings. The van der Waals surface area contributed by atoms with Crippen molar-refractivity contribution in [3.63, 3.8) is 0 Å². The minimum Gasteiger partial charge on any atom is -0.467 e. The third-order valence-electron chi connectivity index (χ3n) is 1.89. The van der Waals surface area contributed by atoms with Gasteiger partial charge in [0, 0.05) is 5.41 Å². The second-order valence-electron chi connectivity index (χ2n) is 4.25. The van der Waals surface area contributed by atoms with Gasteiger partial charge in [-0.3, -0.25) is 4.79 Å². The van der Waals surface area contributed by atoms with Crippen molar-refractivity contribution in [2.45, 2.75) is 27.4 Å². The lowest BCUT2D eigenvalue weighted by Crippen LogP contribution is -2.24. The molecular formula is C11H16O3. The lowest BCUT2D eigenvalue weighted by Gasteiger charge is -2.15. The molecule has 0 N–H and O–H groups in total. The van der Waals surface area contributed by atoms with Gasteiger partial charge >= 0.3 is 0 Å². The second-order valence-corrected chi connectivity index (χ2v) is 4.25. The quantitative estimate of drug-likeness (QED) is 0.742. The van der Waals surface area contributed by atoms with Crippen molar-refractivity contribution in [2.24, 2.45) is 5.41 Å². The molecule has 0 spiro atoms. The Morgan fingerprint density at radius 1 is 1.50 bits per heavy atom. The lowest BCUT2D eigenvalue weighted by atomic mass is 9.91. The molecule has 0 unspecified atom stereocenters. The number of hydrogen-bond acceptors (Lipinski definition) is 3. The van der Waals surface area contributed by atoms with Crippen LogP contribution in [0.15, 0.2) is 22.8 Å². The molecule has 1 rings (SSSR count). The maximum absolute atomic E-state index is 11.4. The summed E-state index contributed by atoms with van der Waals surface area (Å²) in [5.41, 5.74) is -0.330. The van der Waals surface area contributed by atoms with Gasteiger partial charge in [-0.1, -0.05) is 20.8 Å². The van der Waals surface area contributed by atoms with Crippen LogP contribution < -0.4 is 0 Å². The largest absolute Gasteiger partial charge is 0.467 e. The summed E-state index contributed by atoms with van der Waals surface area (Å²) in [6, 6.07) is 3.62. The molecule has 3 nitrogen and oxygen atoms in total. The van der Waals surface area contributed by atoms with Crippen LogP contribution in [0.5, 0.6) is 0 Å². The highest BCUT2D eigenvalue weighted by Crippen LogP contribution is 2.14. The van der Waals surface area contributed by atoms with E-state index in [1.165, 1.54) is 0 Å². The smallest absolute Gasteiger partial charge is 0.163 e. The molecule has 1 aromatic heterocycles. The summed E-state index contributed by atoms with van der Waals surface area (Å²) >= 11 is 0. The summed E-state index contributed by atoms with van der Waals surface area (Å²) < 4.78 is 10.3. The van der Waals surface area contributed by atoms with Crippen molar-refractivity contribution in [2.75, 3.05) is 6.61 Å². The van der Waals surface area contributed by atoms with Crippen LogP contribution in [-0.2, 0) is 16.1 Å². The Balaban J connectivity index is 2.26. The van der Waals surface area contributed by atoms with Crippen molar-refractivity contribution >= 4 is 5.78 Å². The molecule has 78 valence electrons. The molecule has 0 radical (unpaired) electrons. The van der Waals surface area contributed by atoms with Gasteiger partial charge < -0.3 is 9.15 Å². The molecule has 1 aromatic rings. The Morgan fingerprint density at radius 2 is 2.21 bits per heavy atom. The van der Waals surface area contributed by atoms with Crippen LogP contribution in [0.4, 0.5) is 0 Å². The zero-order chi connectivity index (χ0) is 10.6. The number of rotatable bonds is 4. The fraction of sp³-hybridized carbons (Fsp3) is 0.545. The van der Waals surface area contributed by atoms with Gasteiger partial charge in [0.25, 0.3) is 0 Å². The molecular weight excluding hydrogens is 180 g/mol. The molecule has 0 saturated carbocycles. The number of furan rings is 1. The first-order valence-corrected chi connectivity index (χ1v) is 4.63. The molecule has 0 aliphatic heterocycles. The summed E-state index contributed by atoms with van der Waals surface area (Å²) in [5.74, 6) is 0.843. The lowest BCUT2D eigenvalue weighted by molar-refractivity contribution is -0.131. The third-order valence-corrected chi connectivity index (χ3v) is 1.89. The predicted octanol–water partition coefficient (Wildman–Crippen LogP) is 2.41. The number of ketones is 1. The highest BCUT2D eigenvalue weighted by atomic mass is 16.5. The van der Waals surface area contributed by atoms with Crippen molar-refractivity contribution in [3.8, 4) is 0 Å². The van der Waals surface area contributed by atoms with Gasteiger partial charge in [0.15, 0.2) is 5.78 Å². The standard InChI is InChI=1S/C11H16O3/c1-11(2,3)10(12)8-13-7-9-5-4-6-14-9/h4-6H,7-8H2,1-3H3. The van der Waals surface area contributed by atoms with Crippen LogP contribution in [0.1, 0.15) is 26.5 Å². The molecule has 0 aliphatic carbocycles. The average Bonchev–Trinajstić information content (AvgIpc) is 2.55. The van der Waals surface area contributed by atoms with E-state index in [1.807, 2.05) is 26.8 Å². The number of carbonyl (C=O) groups is 1. The van der Waals surface area contributed by atoms with Crippen molar-refractivity contribution < 1.29 is 13.9 Å². The van der Waals surface area contributed by atoms with Crippen molar-refractivity contribution in [3.05, 3.63) is 24.2 Å². The van der Waals surface area contributed by atoms with Crippen molar-refractivity contribution in [1.82, 2.24) is 0 Å². The Kier molecular flexibility index (Phi) is 3.47. The minimum absolute atomic E-state index is 0.101. The van der Waals surface area contributed by atoms with Gasteiger partial charge in [0.2, 0.25) is 0 Å². The Morgan fingerprint density at radius 3 is 2.71 bits per heavy atom. The maximum Gasteiger partial charge on any atom is 0.163 e. The van der Waals surface area contributed by atoms with E-state index >= 15 is 0 Å². The molecule has 0 saturated heterocycles. The van der Waals surface area contributed by atoms with E-state index in [0.717, 1.165) is 5.76 Å². The van der Waals surface area contributed by atoms with E-state index < -0.39 is 0 Å². The van der Waals surface area contributed by atoms with Crippen LogP contribution in [0, 0.1) is 5.41 Å². The zero-order valence-corrected chi connectivity index (χ0v) is 8.87. The average molecular weight is 196 g/mol. The molecule has 0 atom stereocenters. The van der Waals surface area contributed by atoms with E-state index in [-0.39, 0.29) is 17.8 Å². The predicted molar refractivity (Wildman–Crippen MR) is 52.8 cm³/mol. The maximum atomic E-state index is 11.4. The highest BCUT2D eigenvalue weighted by molar-refractivity contribution is 5.84. The van der Waals surface area contributed by atoms with Crippen LogP contribution in [0.3, 0.4) is 0 Å². The second kappa shape index (κ2) is 4.42. The van der Waals surface area contributed by atoms with E-state index in [4.69, 9.17) is 9.15 Å². The first-order chi connectivity index (χ1) is 6.50. The van der Waals surface area contributed by atoms with Gasteiger partial charge in [0.05, 0.1) is 6.26 Å². The van der Waals surface area contributed by atoms with Crippen molar-refractivity contribution in [1.29, 1.82) is 0 Å². The SMILES string of the molecule is CC(C)(C)C(=O)COCc1ccco1. The first-order valence-electron chi connectivity index (χ1n) is 4.63. The van der Waals surface area contributed by atoms with E-state index in [0.29, 0.717) is 6.61 Å². The summed E-state index contributed by atoms with van der Waals surface area (Å²) in [5, 5.41) is 0. The van der Waals surface area contributed by atoms with Gasteiger partial charge in [-0.05, 0) is 12.1 Å². The van der Waals surface area contributed by atoms with E-state index in [2.05, 4.69) is 0 Å². The Labute approximate surface area is 84.1 Å². The zero-order valence-electron chi connectivity index (χ0n) is 8.87. The molecule has 0 amide bonds. The normalized spacial score (nSPS) is 11.6. The number of Topliss-reactive ketones (excluding diaryl/α,β-unsaturated/α-hetero) is 1.